The Balaban J connectivity index is 1.55. The Labute approximate surface area is 180 Å². The Morgan fingerprint density at radius 3 is 2.72 bits per heavy atom. The predicted octanol–water partition coefficient (Wildman–Crippen LogP) is 2.87. The Bertz CT molecular complexity index is 1480. The lowest BCUT2D eigenvalue weighted by Crippen LogP contribution is -2.22. The number of anilines is 2. The summed E-state index contributed by atoms with van der Waals surface area (Å²) in [5, 5.41) is 10.4. The number of aromatic nitrogens is 5. The van der Waals surface area contributed by atoms with E-state index in [1.807, 2.05) is 30.3 Å². The smallest absolute Gasteiger partial charge is 0.270 e. The van der Waals surface area contributed by atoms with Crippen LogP contribution in [0.25, 0.3) is 27.6 Å². The molecule has 5 aromatic rings. The van der Waals surface area contributed by atoms with E-state index in [-0.39, 0.29) is 28.5 Å². The van der Waals surface area contributed by atoms with Gasteiger partial charge in [0.15, 0.2) is 11.5 Å². The molecule has 0 saturated heterocycles. The number of nitrogens with two attached hydrogens (primary N) is 1. The van der Waals surface area contributed by atoms with Crippen molar-refractivity contribution in [2.45, 2.75) is 0 Å². The van der Waals surface area contributed by atoms with Crippen LogP contribution in [0.2, 0.25) is 0 Å². The molecule has 0 aliphatic rings. The third-order valence-electron chi connectivity index (χ3n) is 4.95. The molecule has 0 saturated carbocycles. The number of nitrogen functional groups attached to an aromatic ring is 1. The molecule has 0 amide bonds. The number of aromatic amines is 1. The first-order valence-corrected chi connectivity index (χ1v) is 9.85. The van der Waals surface area contributed by atoms with E-state index in [1.165, 1.54) is 16.7 Å². The second-order valence-electron chi connectivity index (χ2n) is 6.97. The minimum atomic E-state index is -0.568. The van der Waals surface area contributed by atoms with Crippen molar-refractivity contribution in [3.63, 3.8) is 0 Å². The van der Waals surface area contributed by atoms with E-state index in [1.54, 1.807) is 18.3 Å². The Hall–Kier alpha value is -4.47. The van der Waals surface area contributed by atoms with E-state index in [2.05, 4.69) is 25.5 Å². The number of nitrogens with one attached hydrogen (secondary N) is 2. The van der Waals surface area contributed by atoms with Gasteiger partial charge in [-0.2, -0.15) is 10.1 Å². The van der Waals surface area contributed by atoms with Crippen LogP contribution in [0.4, 0.5) is 16.2 Å². The van der Waals surface area contributed by atoms with Gasteiger partial charge in [-0.05, 0) is 24.3 Å². The van der Waals surface area contributed by atoms with Crippen LogP contribution in [0.3, 0.4) is 0 Å². The third-order valence-corrected chi connectivity index (χ3v) is 4.95. The zero-order valence-electron chi connectivity index (χ0n) is 16.7. The first kappa shape index (κ1) is 19.5. The van der Waals surface area contributed by atoms with Gasteiger partial charge in [-0.25, -0.2) is 9.37 Å². The lowest BCUT2D eigenvalue weighted by molar-refractivity contribution is 0.332. The predicted molar refractivity (Wildman–Crippen MR) is 120 cm³/mol. The molecule has 0 unspecified atom stereocenters. The average Bonchev–Trinajstić information content (AvgIpc) is 3.20. The van der Waals surface area contributed by atoms with E-state index in [4.69, 9.17) is 10.5 Å². The fraction of sp³-hybridized carbons (Fsp3) is 0.0909. The molecule has 32 heavy (non-hydrogen) atoms. The Morgan fingerprint density at radius 2 is 1.91 bits per heavy atom. The minimum Gasteiger partial charge on any atom is -0.492 e. The normalized spacial score (nSPS) is 11.2. The molecule has 10 heteroatoms. The van der Waals surface area contributed by atoms with Crippen molar-refractivity contribution in [1.82, 2.24) is 24.7 Å². The van der Waals surface area contributed by atoms with Crippen molar-refractivity contribution in [3.8, 4) is 11.4 Å². The topological polar surface area (TPSA) is 124 Å². The number of hydrogen-bond acceptors (Lipinski definition) is 7. The molecule has 0 aliphatic heterocycles. The van der Waals surface area contributed by atoms with Crippen LogP contribution in [-0.4, -0.2) is 37.9 Å². The molecule has 3 aromatic heterocycles. The highest BCUT2D eigenvalue weighted by atomic mass is 19.1. The molecule has 0 radical (unpaired) electrons. The highest BCUT2D eigenvalue weighted by Crippen LogP contribution is 2.26. The summed E-state index contributed by atoms with van der Waals surface area (Å²) < 4.78 is 21.5. The number of nitrogens with zero attached hydrogens (tertiary/aromatic N) is 4. The zero-order chi connectivity index (χ0) is 22.1. The van der Waals surface area contributed by atoms with Crippen molar-refractivity contribution in [2.75, 3.05) is 24.2 Å². The summed E-state index contributed by atoms with van der Waals surface area (Å²) in [5.74, 6) is 0.478. The van der Waals surface area contributed by atoms with Gasteiger partial charge in [-0.15, -0.1) is 0 Å². The molecular formula is C22H18FN7O2. The number of fused-ring (bicyclic) bond motifs is 3. The third kappa shape index (κ3) is 3.37. The summed E-state index contributed by atoms with van der Waals surface area (Å²) >= 11 is 0. The molecule has 160 valence electrons. The maximum absolute atomic E-state index is 14.6. The molecule has 0 fully saturated rings. The summed E-state index contributed by atoms with van der Waals surface area (Å²) in [7, 11) is 0. The standard InChI is InChI=1S/C22H18FN7O2/c23-15-8-4-5-9-16(15)30-20-14(18-17(21(30)31)19(24)29-28-18)12-26-22(27-20)25-10-11-32-13-6-2-1-3-7-13/h1-9,12H,10-11H2,(H3,24,28,29)(H,25,26,27). The molecule has 5 rings (SSSR count). The van der Waals surface area contributed by atoms with Crippen LogP contribution >= 0.6 is 0 Å². The highest BCUT2D eigenvalue weighted by Gasteiger charge is 2.20. The maximum atomic E-state index is 14.6. The monoisotopic (exact) mass is 431 g/mol. The van der Waals surface area contributed by atoms with Crippen molar-refractivity contribution in [3.05, 3.63) is 77.0 Å². The van der Waals surface area contributed by atoms with E-state index >= 15 is 0 Å². The molecule has 9 nitrogen and oxygen atoms in total. The average molecular weight is 431 g/mol. The summed E-state index contributed by atoms with van der Waals surface area (Å²) in [4.78, 5) is 22.1. The molecular weight excluding hydrogens is 413 g/mol. The van der Waals surface area contributed by atoms with E-state index in [0.29, 0.717) is 24.1 Å². The SMILES string of the molecule is Nc1n[nH]c2c1c(=O)n(-c1ccccc1F)c1nc(NCCOc3ccccc3)ncc21. The van der Waals surface area contributed by atoms with Crippen LogP contribution in [0.15, 0.2) is 65.6 Å². The quantitative estimate of drug-likeness (QED) is 0.353. The Morgan fingerprint density at radius 1 is 1.12 bits per heavy atom. The van der Waals surface area contributed by atoms with Gasteiger partial charge in [-0.1, -0.05) is 30.3 Å². The van der Waals surface area contributed by atoms with Gasteiger partial charge in [0.05, 0.1) is 23.1 Å². The number of pyridine rings is 1. The van der Waals surface area contributed by atoms with E-state index < -0.39 is 11.4 Å². The van der Waals surface area contributed by atoms with Crippen molar-refractivity contribution < 1.29 is 9.13 Å². The van der Waals surface area contributed by atoms with Gasteiger partial charge in [0, 0.05) is 6.20 Å². The number of para-hydroxylation sites is 2. The van der Waals surface area contributed by atoms with Gasteiger partial charge in [0.25, 0.3) is 5.56 Å². The lowest BCUT2D eigenvalue weighted by Gasteiger charge is -2.13. The van der Waals surface area contributed by atoms with E-state index in [9.17, 15) is 9.18 Å². The Kier molecular flexibility index (Phi) is 4.86. The fourth-order valence-corrected chi connectivity index (χ4v) is 3.49. The van der Waals surface area contributed by atoms with Gasteiger partial charge >= 0.3 is 0 Å². The van der Waals surface area contributed by atoms with Gasteiger partial charge in [-0.3, -0.25) is 14.5 Å². The molecule has 0 spiro atoms. The number of H-pyrrole nitrogens is 1. The second-order valence-corrected chi connectivity index (χ2v) is 6.97. The number of ether oxygens (including phenoxy) is 1. The maximum Gasteiger partial charge on any atom is 0.270 e. The number of hydrogen-bond donors (Lipinski definition) is 3. The highest BCUT2D eigenvalue weighted by molar-refractivity contribution is 6.05. The number of rotatable bonds is 6. The van der Waals surface area contributed by atoms with Gasteiger partial charge in [0.1, 0.15) is 23.6 Å². The molecule has 0 bridgehead atoms. The lowest BCUT2D eigenvalue weighted by atomic mass is 10.2. The fourth-order valence-electron chi connectivity index (χ4n) is 3.49. The molecule has 2 aromatic carbocycles. The number of halogens is 1. The van der Waals surface area contributed by atoms with Crippen LogP contribution in [0.5, 0.6) is 5.75 Å². The van der Waals surface area contributed by atoms with Crippen molar-refractivity contribution in [2.24, 2.45) is 0 Å². The van der Waals surface area contributed by atoms with Crippen LogP contribution < -0.4 is 21.3 Å². The van der Waals surface area contributed by atoms with Gasteiger partial charge < -0.3 is 15.8 Å². The summed E-state index contributed by atoms with van der Waals surface area (Å²) in [6.07, 6.45) is 1.54. The second kappa shape index (κ2) is 7.99. The minimum absolute atomic E-state index is 0.0252. The summed E-state index contributed by atoms with van der Waals surface area (Å²) in [6, 6.07) is 15.4. The summed E-state index contributed by atoms with van der Waals surface area (Å²) in [5.41, 5.74) is 6.04. The van der Waals surface area contributed by atoms with Crippen LogP contribution in [-0.2, 0) is 0 Å². The zero-order valence-corrected chi connectivity index (χ0v) is 16.7. The van der Waals surface area contributed by atoms with Crippen LogP contribution in [0.1, 0.15) is 0 Å². The van der Waals surface area contributed by atoms with Crippen molar-refractivity contribution in [1.29, 1.82) is 0 Å². The number of benzene rings is 2. The van der Waals surface area contributed by atoms with Crippen molar-refractivity contribution >= 4 is 33.7 Å². The summed E-state index contributed by atoms with van der Waals surface area (Å²) in [6.45, 7) is 0.797. The molecule has 4 N–H and O–H groups in total. The van der Waals surface area contributed by atoms with Gasteiger partial charge in [0.2, 0.25) is 5.95 Å². The molecule has 0 atom stereocenters. The largest absolute Gasteiger partial charge is 0.492 e. The van der Waals surface area contributed by atoms with E-state index in [0.717, 1.165) is 5.75 Å². The first-order chi connectivity index (χ1) is 15.6. The molecule has 3 heterocycles. The van der Waals surface area contributed by atoms with Crippen LogP contribution in [0, 0.1) is 5.82 Å². The first-order valence-electron chi connectivity index (χ1n) is 9.85. The molecule has 0 aliphatic carbocycles.